The third-order valence-corrected chi connectivity index (χ3v) is 5.02. The van der Waals surface area contributed by atoms with E-state index in [1.165, 1.54) is 25.7 Å². The van der Waals surface area contributed by atoms with Gasteiger partial charge < -0.3 is 10.2 Å². The third-order valence-electron chi connectivity index (χ3n) is 5.02. The summed E-state index contributed by atoms with van der Waals surface area (Å²) in [7, 11) is 0. The van der Waals surface area contributed by atoms with Crippen molar-refractivity contribution in [1.82, 2.24) is 10.2 Å². The molecule has 2 heterocycles. The van der Waals surface area contributed by atoms with Gasteiger partial charge in [0.05, 0.1) is 0 Å². The van der Waals surface area contributed by atoms with E-state index in [0.29, 0.717) is 36.2 Å². The summed E-state index contributed by atoms with van der Waals surface area (Å²) >= 11 is 0. The van der Waals surface area contributed by atoms with Gasteiger partial charge in [-0.25, -0.2) is 0 Å². The van der Waals surface area contributed by atoms with Gasteiger partial charge in [0.1, 0.15) is 0 Å². The number of nitrogens with one attached hydrogen (secondary N) is 1. The molecule has 0 radical (unpaired) electrons. The molecule has 2 fully saturated rings. The van der Waals surface area contributed by atoms with Gasteiger partial charge in [-0.2, -0.15) is 0 Å². The van der Waals surface area contributed by atoms with Crippen molar-refractivity contribution >= 4 is 5.91 Å². The van der Waals surface area contributed by atoms with Crippen molar-refractivity contribution in [3.05, 3.63) is 0 Å². The second kappa shape index (κ2) is 6.05. The second-order valence-corrected chi connectivity index (χ2v) is 6.33. The Balaban J connectivity index is 1.90. The van der Waals surface area contributed by atoms with Gasteiger partial charge in [0.25, 0.3) is 0 Å². The first kappa shape index (κ1) is 13.9. The van der Waals surface area contributed by atoms with Crippen LogP contribution in [0.3, 0.4) is 0 Å². The molecule has 0 aromatic carbocycles. The lowest BCUT2D eigenvalue weighted by Crippen LogP contribution is -2.49. The number of nitrogens with zero attached hydrogens (tertiary/aromatic N) is 1. The number of rotatable bonds is 2. The number of piperidine rings is 2. The van der Waals surface area contributed by atoms with E-state index in [4.69, 9.17) is 0 Å². The first-order chi connectivity index (χ1) is 8.59. The van der Waals surface area contributed by atoms with Crippen molar-refractivity contribution in [2.24, 2.45) is 11.8 Å². The van der Waals surface area contributed by atoms with E-state index in [9.17, 15) is 4.79 Å². The minimum atomic E-state index is 0.361. The molecule has 2 aliphatic heterocycles. The minimum absolute atomic E-state index is 0.361. The Labute approximate surface area is 111 Å². The van der Waals surface area contributed by atoms with Crippen LogP contribution in [0.1, 0.15) is 52.9 Å². The topological polar surface area (TPSA) is 32.3 Å². The number of carbonyl (C=O) groups excluding carboxylic acids is 1. The summed E-state index contributed by atoms with van der Waals surface area (Å²) in [5.74, 6) is 1.65. The molecule has 4 unspecified atom stereocenters. The van der Waals surface area contributed by atoms with Crippen LogP contribution in [0.5, 0.6) is 0 Å². The molecule has 18 heavy (non-hydrogen) atoms. The molecular formula is C15H28N2O. The Morgan fingerprint density at radius 3 is 2.61 bits per heavy atom. The van der Waals surface area contributed by atoms with E-state index in [1.54, 1.807) is 0 Å². The van der Waals surface area contributed by atoms with Crippen molar-refractivity contribution in [3.63, 3.8) is 0 Å². The van der Waals surface area contributed by atoms with Crippen molar-refractivity contribution in [2.75, 3.05) is 13.1 Å². The lowest BCUT2D eigenvalue weighted by molar-refractivity contribution is -0.136. The van der Waals surface area contributed by atoms with Crippen molar-refractivity contribution in [1.29, 1.82) is 0 Å². The van der Waals surface area contributed by atoms with Gasteiger partial charge in [-0.1, -0.05) is 13.8 Å². The molecule has 3 nitrogen and oxygen atoms in total. The van der Waals surface area contributed by atoms with Crippen molar-refractivity contribution in [2.45, 2.75) is 65.0 Å². The van der Waals surface area contributed by atoms with Crippen molar-refractivity contribution < 1.29 is 4.79 Å². The van der Waals surface area contributed by atoms with E-state index in [2.05, 4.69) is 31.0 Å². The summed E-state index contributed by atoms with van der Waals surface area (Å²) in [6, 6.07) is 0.820. The van der Waals surface area contributed by atoms with Crippen LogP contribution in [0, 0.1) is 11.8 Å². The highest BCUT2D eigenvalue weighted by molar-refractivity contribution is 5.77. The molecule has 0 spiro atoms. The molecule has 2 rings (SSSR count). The SMILES string of the molecule is CC1CCCNC1CC(=O)N1CCCC(C)C1C. The van der Waals surface area contributed by atoms with Gasteiger partial charge in [-0.15, -0.1) is 0 Å². The fourth-order valence-corrected chi connectivity index (χ4v) is 3.38. The Hall–Kier alpha value is -0.570. The maximum absolute atomic E-state index is 12.5. The summed E-state index contributed by atoms with van der Waals surface area (Å²) in [5.41, 5.74) is 0. The number of hydrogen-bond donors (Lipinski definition) is 1. The maximum Gasteiger partial charge on any atom is 0.224 e. The zero-order valence-corrected chi connectivity index (χ0v) is 12.1. The van der Waals surface area contributed by atoms with Crippen LogP contribution in [0.25, 0.3) is 0 Å². The third kappa shape index (κ3) is 3.05. The predicted molar refractivity (Wildman–Crippen MR) is 74.4 cm³/mol. The molecule has 2 saturated heterocycles. The normalized spacial score (nSPS) is 37.6. The van der Waals surface area contributed by atoms with Gasteiger partial charge >= 0.3 is 0 Å². The van der Waals surface area contributed by atoms with Crippen LogP contribution in [0.4, 0.5) is 0 Å². The number of amides is 1. The minimum Gasteiger partial charge on any atom is -0.340 e. The van der Waals surface area contributed by atoms with Gasteiger partial charge in [0, 0.05) is 25.0 Å². The Morgan fingerprint density at radius 1 is 1.17 bits per heavy atom. The van der Waals surface area contributed by atoms with E-state index in [-0.39, 0.29) is 0 Å². The molecule has 2 aliphatic rings. The standard InChI is InChI=1S/C15H28N2O/c1-11-7-5-9-17(13(11)3)15(18)10-14-12(2)6-4-8-16-14/h11-14,16H,4-10H2,1-3H3. The van der Waals surface area contributed by atoms with Crippen LogP contribution in [0.2, 0.25) is 0 Å². The highest BCUT2D eigenvalue weighted by atomic mass is 16.2. The smallest absolute Gasteiger partial charge is 0.224 e. The Morgan fingerprint density at radius 2 is 1.89 bits per heavy atom. The molecule has 0 bridgehead atoms. The molecule has 0 aliphatic carbocycles. The Kier molecular flexibility index (Phi) is 4.66. The second-order valence-electron chi connectivity index (χ2n) is 6.33. The zero-order valence-electron chi connectivity index (χ0n) is 12.1. The molecule has 0 aromatic heterocycles. The first-order valence-corrected chi connectivity index (χ1v) is 7.62. The lowest BCUT2D eigenvalue weighted by Gasteiger charge is -2.39. The molecule has 1 amide bonds. The highest BCUT2D eigenvalue weighted by Crippen LogP contribution is 2.25. The molecule has 0 saturated carbocycles. The van der Waals surface area contributed by atoms with E-state index in [0.717, 1.165) is 13.1 Å². The van der Waals surface area contributed by atoms with Crippen LogP contribution in [-0.2, 0) is 4.79 Å². The lowest BCUT2D eigenvalue weighted by atomic mass is 9.88. The van der Waals surface area contributed by atoms with E-state index >= 15 is 0 Å². The summed E-state index contributed by atoms with van der Waals surface area (Å²) in [6.07, 6.45) is 5.64. The average molecular weight is 252 g/mol. The average Bonchev–Trinajstić information content (AvgIpc) is 2.35. The summed E-state index contributed by atoms with van der Waals surface area (Å²) < 4.78 is 0. The van der Waals surface area contributed by atoms with Crippen LogP contribution >= 0.6 is 0 Å². The fraction of sp³-hybridized carbons (Fsp3) is 0.933. The van der Waals surface area contributed by atoms with Crippen LogP contribution < -0.4 is 5.32 Å². The molecular weight excluding hydrogens is 224 g/mol. The zero-order chi connectivity index (χ0) is 13.1. The first-order valence-electron chi connectivity index (χ1n) is 7.62. The molecule has 1 N–H and O–H groups in total. The summed E-state index contributed by atoms with van der Waals surface area (Å²) in [6.45, 7) is 8.79. The van der Waals surface area contributed by atoms with Gasteiger partial charge in [0.15, 0.2) is 0 Å². The number of carbonyl (C=O) groups is 1. The highest BCUT2D eigenvalue weighted by Gasteiger charge is 2.31. The largest absolute Gasteiger partial charge is 0.340 e. The van der Waals surface area contributed by atoms with Gasteiger partial charge in [0.2, 0.25) is 5.91 Å². The van der Waals surface area contributed by atoms with Crippen LogP contribution in [0.15, 0.2) is 0 Å². The van der Waals surface area contributed by atoms with Crippen molar-refractivity contribution in [3.8, 4) is 0 Å². The van der Waals surface area contributed by atoms with E-state index in [1.807, 2.05) is 0 Å². The molecule has 4 atom stereocenters. The summed E-state index contributed by atoms with van der Waals surface area (Å²) in [4.78, 5) is 14.6. The summed E-state index contributed by atoms with van der Waals surface area (Å²) in [5, 5.41) is 3.52. The maximum atomic E-state index is 12.5. The van der Waals surface area contributed by atoms with Gasteiger partial charge in [-0.3, -0.25) is 4.79 Å². The molecule has 3 heteroatoms. The van der Waals surface area contributed by atoms with Gasteiger partial charge in [-0.05, 0) is 51.0 Å². The van der Waals surface area contributed by atoms with E-state index < -0.39 is 0 Å². The monoisotopic (exact) mass is 252 g/mol. The Bertz CT molecular complexity index is 292. The number of hydrogen-bond acceptors (Lipinski definition) is 2. The number of likely N-dealkylation sites (tertiary alicyclic amines) is 1. The predicted octanol–water partition coefficient (Wildman–Crippen LogP) is 2.41. The van der Waals surface area contributed by atoms with Crippen LogP contribution in [-0.4, -0.2) is 36.0 Å². The molecule has 0 aromatic rings. The molecule has 104 valence electrons. The quantitative estimate of drug-likeness (QED) is 0.818. The fourth-order valence-electron chi connectivity index (χ4n) is 3.38.